The topological polar surface area (TPSA) is 64.9 Å². The molecular weight excluding hydrogens is 238 g/mol. The SMILES string of the molecule is NCc1ccc(-c2nc(-c3ccccc3)no2)cc1. The van der Waals surface area contributed by atoms with Gasteiger partial charge in [-0.3, -0.25) is 0 Å². The van der Waals surface area contributed by atoms with Crippen LogP contribution in [0.3, 0.4) is 0 Å². The Kier molecular flexibility index (Phi) is 3.08. The minimum absolute atomic E-state index is 0.516. The molecule has 0 fully saturated rings. The van der Waals surface area contributed by atoms with E-state index in [1.165, 1.54) is 0 Å². The smallest absolute Gasteiger partial charge is 0.258 e. The Balaban J connectivity index is 1.92. The highest BCUT2D eigenvalue weighted by Gasteiger charge is 2.09. The minimum atomic E-state index is 0.516. The Labute approximate surface area is 110 Å². The van der Waals surface area contributed by atoms with Crippen LogP contribution >= 0.6 is 0 Å². The molecule has 3 rings (SSSR count). The molecule has 4 heteroatoms. The van der Waals surface area contributed by atoms with Crippen molar-refractivity contribution in [2.24, 2.45) is 5.73 Å². The number of benzene rings is 2. The van der Waals surface area contributed by atoms with E-state index in [0.717, 1.165) is 16.7 Å². The predicted molar refractivity (Wildman–Crippen MR) is 73.1 cm³/mol. The molecular formula is C15H13N3O. The zero-order valence-electron chi connectivity index (χ0n) is 10.3. The molecule has 0 unspecified atom stereocenters. The number of hydrogen-bond donors (Lipinski definition) is 1. The monoisotopic (exact) mass is 251 g/mol. The number of aromatic nitrogens is 2. The molecule has 0 spiro atoms. The van der Waals surface area contributed by atoms with Gasteiger partial charge in [-0.1, -0.05) is 47.6 Å². The largest absolute Gasteiger partial charge is 0.334 e. The normalized spacial score (nSPS) is 10.6. The fourth-order valence-electron chi connectivity index (χ4n) is 1.83. The highest BCUT2D eigenvalue weighted by Crippen LogP contribution is 2.22. The summed E-state index contributed by atoms with van der Waals surface area (Å²) >= 11 is 0. The van der Waals surface area contributed by atoms with Crippen LogP contribution in [-0.4, -0.2) is 10.1 Å². The van der Waals surface area contributed by atoms with Crippen LogP contribution < -0.4 is 5.73 Å². The third kappa shape index (κ3) is 2.39. The Hall–Kier alpha value is -2.46. The van der Waals surface area contributed by atoms with Gasteiger partial charge < -0.3 is 10.3 Å². The van der Waals surface area contributed by atoms with Gasteiger partial charge >= 0.3 is 0 Å². The lowest BCUT2D eigenvalue weighted by atomic mass is 10.1. The highest BCUT2D eigenvalue weighted by atomic mass is 16.5. The van der Waals surface area contributed by atoms with Crippen molar-refractivity contribution in [3.63, 3.8) is 0 Å². The van der Waals surface area contributed by atoms with Crippen molar-refractivity contribution in [3.05, 3.63) is 60.2 Å². The summed E-state index contributed by atoms with van der Waals surface area (Å²) in [5, 5.41) is 3.99. The van der Waals surface area contributed by atoms with E-state index in [2.05, 4.69) is 10.1 Å². The molecule has 0 aliphatic carbocycles. The maximum absolute atomic E-state index is 5.57. The van der Waals surface area contributed by atoms with Gasteiger partial charge in [0.1, 0.15) is 0 Å². The van der Waals surface area contributed by atoms with Gasteiger partial charge in [0.25, 0.3) is 5.89 Å². The number of hydrogen-bond acceptors (Lipinski definition) is 4. The fourth-order valence-corrected chi connectivity index (χ4v) is 1.83. The zero-order valence-corrected chi connectivity index (χ0v) is 10.3. The van der Waals surface area contributed by atoms with Crippen LogP contribution in [0.4, 0.5) is 0 Å². The Morgan fingerprint density at radius 1 is 0.895 bits per heavy atom. The molecule has 1 aromatic heterocycles. The third-order valence-corrected chi connectivity index (χ3v) is 2.89. The van der Waals surface area contributed by atoms with E-state index in [0.29, 0.717) is 18.3 Å². The molecule has 4 nitrogen and oxygen atoms in total. The summed E-state index contributed by atoms with van der Waals surface area (Å²) in [6.07, 6.45) is 0. The molecule has 94 valence electrons. The average Bonchev–Trinajstić information content (AvgIpc) is 2.98. The molecule has 0 saturated heterocycles. The summed E-state index contributed by atoms with van der Waals surface area (Å²) in [6.45, 7) is 0.527. The van der Waals surface area contributed by atoms with E-state index in [1.54, 1.807) is 0 Å². The van der Waals surface area contributed by atoms with Crippen LogP contribution in [0.15, 0.2) is 59.1 Å². The molecule has 0 atom stereocenters. The van der Waals surface area contributed by atoms with E-state index in [-0.39, 0.29) is 0 Å². The Morgan fingerprint density at radius 3 is 2.32 bits per heavy atom. The molecule has 0 bridgehead atoms. The number of nitrogens with two attached hydrogens (primary N) is 1. The van der Waals surface area contributed by atoms with E-state index in [1.807, 2.05) is 54.6 Å². The second kappa shape index (κ2) is 5.04. The lowest BCUT2D eigenvalue weighted by molar-refractivity contribution is 0.432. The van der Waals surface area contributed by atoms with Gasteiger partial charge in [0.05, 0.1) is 0 Å². The molecule has 0 radical (unpaired) electrons. The number of rotatable bonds is 3. The quantitative estimate of drug-likeness (QED) is 0.777. The van der Waals surface area contributed by atoms with Gasteiger partial charge in [-0.2, -0.15) is 4.98 Å². The van der Waals surface area contributed by atoms with Gasteiger partial charge in [0.2, 0.25) is 5.82 Å². The second-order valence-corrected chi connectivity index (χ2v) is 4.19. The van der Waals surface area contributed by atoms with Crippen LogP contribution in [0.25, 0.3) is 22.8 Å². The first-order valence-corrected chi connectivity index (χ1v) is 6.05. The molecule has 0 aliphatic rings. The summed E-state index contributed by atoms with van der Waals surface area (Å²) in [4.78, 5) is 4.40. The van der Waals surface area contributed by atoms with Crippen LogP contribution in [0, 0.1) is 0 Å². The zero-order chi connectivity index (χ0) is 13.1. The molecule has 3 aromatic rings. The molecule has 19 heavy (non-hydrogen) atoms. The first kappa shape index (κ1) is 11.6. The van der Waals surface area contributed by atoms with Crippen molar-refractivity contribution in [2.45, 2.75) is 6.54 Å². The van der Waals surface area contributed by atoms with Crippen LogP contribution in [0.2, 0.25) is 0 Å². The molecule has 1 heterocycles. The molecule has 0 amide bonds. The van der Waals surface area contributed by atoms with E-state index < -0.39 is 0 Å². The van der Waals surface area contributed by atoms with E-state index >= 15 is 0 Å². The summed E-state index contributed by atoms with van der Waals surface area (Å²) in [5.41, 5.74) is 8.48. The standard InChI is InChI=1S/C15H13N3O/c16-10-11-6-8-13(9-7-11)15-17-14(18-19-15)12-4-2-1-3-5-12/h1-9H,10,16H2. The third-order valence-electron chi connectivity index (χ3n) is 2.89. The van der Waals surface area contributed by atoms with E-state index in [4.69, 9.17) is 10.3 Å². The van der Waals surface area contributed by atoms with Crippen molar-refractivity contribution in [2.75, 3.05) is 0 Å². The van der Waals surface area contributed by atoms with Gasteiger partial charge in [0, 0.05) is 17.7 Å². The molecule has 0 aliphatic heterocycles. The van der Waals surface area contributed by atoms with Crippen LogP contribution in [0.5, 0.6) is 0 Å². The van der Waals surface area contributed by atoms with Gasteiger partial charge in [0.15, 0.2) is 0 Å². The second-order valence-electron chi connectivity index (χ2n) is 4.19. The van der Waals surface area contributed by atoms with Crippen molar-refractivity contribution >= 4 is 0 Å². The lowest BCUT2D eigenvalue weighted by Gasteiger charge is -1.97. The molecule has 0 saturated carbocycles. The summed E-state index contributed by atoms with van der Waals surface area (Å²) in [6, 6.07) is 17.5. The van der Waals surface area contributed by atoms with Gasteiger partial charge in [-0.05, 0) is 17.7 Å². The molecule has 2 aromatic carbocycles. The van der Waals surface area contributed by atoms with Gasteiger partial charge in [-0.25, -0.2) is 0 Å². The predicted octanol–water partition coefficient (Wildman–Crippen LogP) is 2.86. The minimum Gasteiger partial charge on any atom is -0.334 e. The first-order chi connectivity index (χ1) is 9.36. The van der Waals surface area contributed by atoms with Crippen molar-refractivity contribution < 1.29 is 4.52 Å². The Bertz CT molecular complexity index is 659. The highest BCUT2D eigenvalue weighted by molar-refractivity contribution is 5.59. The number of nitrogens with zero attached hydrogens (tertiary/aromatic N) is 2. The van der Waals surface area contributed by atoms with Crippen molar-refractivity contribution in [1.82, 2.24) is 10.1 Å². The maximum Gasteiger partial charge on any atom is 0.258 e. The van der Waals surface area contributed by atoms with Crippen molar-refractivity contribution in [3.8, 4) is 22.8 Å². The van der Waals surface area contributed by atoms with Crippen LogP contribution in [0.1, 0.15) is 5.56 Å². The fraction of sp³-hybridized carbons (Fsp3) is 0.0667. The average molecular weight is 251 g/mol. The van der Waals surface area contributed by atoms with E-state index in [9.17, 15) is 0 Å². The first-order valence-electron chi connectivity index (χ1n) is 6.05. The summed E-state index contributed by atoms with van der Waals surface area (Å²) in [5.74, 6) is 1.11. The maximum atomic E-state index is 5.57. The van der Waals surface area contributed by atoms with Crippen molar-refractivity contribution in [1.29, 1.82) is 0 Å². The Morgan fingerprint density at radius 2 is 1.63 bits per heavy atom. The molecule has 2 N–H and O–H groups in total. The van der Waals surface area contributed by atoms with Gasteiger partial charge in [-0.15, -0.1) is 0 Å². The lowest BCUT2D eigenvalue weighted by Crippen LogP contribution is -1.95. The summed E-state index contributed by atoms with van der Waals surface area (Å²) < 4.78 is 5.29. The summed E-state index contributed by atoms with van der Waals surface area (Å²) in [7, 11) is 0. The van der Waals surface area contributed by atoms with Crippen LogP contribution in [-0.2, 0) is 6.54 Å².